The van der Waals surface area contributed by atoms with Crippen molar-refractivity contribution in [2.45, 2.75) is 45.1 Å². The molecule has 0 atom stereocenters. The second-order valence-electron chi connectivity index (χ2n) is 6.04. The van der Waals surface area contributed by atoms with Crippen molar-refractivity contribution in [3.05, 3.63) is 12.3 Å². The topological polar surface area (TPSA) is 84.1 Å². The maximum absolute atomic E-state index is 10.5. The molecule has 18 heavy (non-hydrogen) atoms. The third-order valence-corrected chi connectivity index (χ3v) is 3.81. The molecule has 1 aromatic rings. The van der Waals surface area contributed by atoms with Gasteiger partial charge in [0.2, 0.25) is 5.95 Å². The van der Waals surface area contributed by atoms with Gasteiger partial charge in [-0.2, -0.15) is 4.98 Å². The minimum Gasteiger partial charge on any atom is -0.388 e. The van der Waals surface area contributed by atoms with E-state index in [0.717, 1.165) is 25.7 Å². The van der Waals surface area contributed by atoms with Crippen molar-refractivity contribution < 1.29 is 5.11 Å². The largest absolute Gasteiger partial charge is 0.388 e. The predicted molar refractivity (Wildman–Crippen MR) is 72.1 cm³/mol. The lowest BCUT2D eigenvalue weighted by Crippen LogP contribution is -2.42. The minimum absolute atomic E-state index is 0.247. The summed E-state index contributed by atoms with van der Waals surface area (Å²) in [6, 6.07) is 1.76. The van der Waals surface area contributed by atoms with Gasteiger partial charge < -0.3 is 16.2 Å². The first kappa shape index (κ1) is 13.1. The van der Waals surface area contributed by atoms with Crippen LogP contribution in [-0.2, 0) is 0 Å². The standard InChI is InChI=1S/C13H22N4O/c1-12(2)4-6-13(18,7-5-12)9-16-10-3-8-15-11(14)17-10/h3,8,18H,4-7,9H2,1-2H3,(H3,14,15,16,17). The molecule has 0 radical (unpaired) electrons. The van der Waals surface area contributed by atoms with Crippen molar-refractivity contribution in [2.24, 2.45) is 5.41 Å². The Morgan fingerprint density at radius 3 is 2.61 bits per heavy atom. The summed E-state index contributed by atoms with van der Waals surface area (Å²) < 4.78 is 0. The number of nitrogens with zero attached hydrogens (tertiary/aromatic N) is 2. The second-order valence-corrected chi connectivity index (χ2v) is 6.04. The average molecular weight is 250 g/mol. The maximum atomic E-state index is 10.5. The number of nitrogen functional groups attached to an aromatic ring is 1. The van der Waals surface area contributed by atoms with Crippen LogP contribution >= 0.6 is 0 Å². The molecule has 5 heteroatoms. The van der Waals surface area contributed by atoms with E-state index in [4.69, 9.17) is 5.73 Å². The van der Waals surface area contributed by atoms with Gasteiger partial charge in [-0.1, -0.05) is 13.8 Å². The Morgan fingerprint density at radius 2 is 2.00 bits per heavy atom. The lowest BCUT2D eigenvalue weighted by atomic mass is 9.71. The van der Waals surface area contributed by atoms with E-state index >= 15 is 0 Å². The van der Waals surface area contributed by atoms with Gasteiger partial charge in [0.25, 0.3) is 0 Å². The Hall–Kier alpha value is -1.36. The van der Waals surface area contributed by atoms with Crippen molar-refractivity contribution >= 4 is 11.8 Å². The Bertz CT molecular complexity index is 409. The molecule has 100 valence electrons. The summed E-state index contributed by atoms with van der Waals surface area (Å²) in [4.78, 5) is 7.90. The number of nitrogens with two attached hydrogens (primary N) is 1. The van der Waals surface area contributed by atoms with Crippen LogP contribution in [0.2, 0.25) is 0 Å². The SMILES string of the molecule is CC1(C)CCC(O)(CNc2ccnc(N)n2)CC1. The molecule has 0 aromatic carbocycles. The fraction of sp³-hybridized carbons (Fsp3) is 0.692. The lowest BCUT2D eigenvalue weighted by molar-refractivity contribution is -0.0145. The summed E-state index contributed by atoms with van der Waals surface area (Å²) in [5.74, 6) is 0.914. The number of aliphatic hydroxyl groups is 1. The first-order chi connectivity index (χ1) is 8.39. The monoisotopic (exact) mass is 250 g/mol. The molecule has 1 fully saturated rings. The quantitative estimate of drug-likeness (QED) is 0.762. The smallest absolute Gasteiger partial charge is 0.221 e. The Kier molecular flexibility index (Phi) is 3.43. The molecule has 0 spiro atoms. The van der Waals surface area contributed by atoms with Crippen LogP contribution in [0.25, 0.3) is 0 Å². The van der Waals surface area contributed by atoms with Crippen LogP contribution in [0.4, 0.5) is 11.8 Å². The molecule has 5 nitrogen and oxygen atoms in total. The fourth-order valence-electron chi connectivity index (χ4n) is 2.30. The van der Waals surface area contributed by atoms with Crippen LogP contribution in [-0.4, -0.2) is 27.2 Å². The molecule has 0 aliphatic heterocycles. The Labute approximate surface area is 108 Å². The Balaban J connectivity index is 1.90. The number of hydrogen-bond donors (Lipinski definition) is 3. The minimum atomic E-state index is -0.630. The van der Waals surface area contributed by atoms with Crippen LogP contribution in [0.1, 0.15) is 39.5 Å². The first-order valence-electron chi connectivity index (χ1n) is 6.43. The summed E-state index contributed by atoms with van der Waals surface area (Å²) in [6.07, 6.45) is 5.37. The van der Waals surface area contributed by atoms with E-state index in [2.05, 4.69) is 29.1 Å². The van der Waals surface area contributed by atoms with Crippen LogP contribution in [0.15, 0.2) is 12.3 Å². The molecule has 1 aromatic heterocycles. The number of rotatable bonds is 3. The van der Waals surface area contributed by atoms with Gasteiger partial charge in [0.05, 0.1) is 5.60 Å². The van der Waals surface area contributed by atoms with Crippen LogP contribution < -0.4 is 11.1 Å². The summed E-state index contributed by atoms with van der Waals surface area (Å²) in [7, 11) is 0. The highest BCUT2D eigenvalue weighted by atomic mass is 16.3. The number of hydrogen-bond acceptors (Lipinski definition) is 5. The van der Waals surface area contributed by atoms with Crippen LogP contribution in [0.3, 0.4) is 0 Å². The third kappa shape index (κ3) is 3.32. The van der Waals surface area contributed by atoms with E-state index in [1.54, 1.807) is 12.3 Å². The fourth-order valence-corrected chi connectivity index (χ4v) is 2.30. The molecule has 2 rings (SSSR count). The molecule has 1 aliphatic rings. The molecule has 0 unspecified atom stereocenters. The molecule has 0 bridgehead atoms. The molecule has 1 saturated carbocycles. The van der Waals surface area contributed by atoms with Gasteiger partial charge in [-0.25, -0.2) is 4.98 Å². The van der Waals surface area contributed by atoms with Crippen molar-refractivity contribution in [2.75, 3.05) is 17.6 Å². The third-order valence-electron chi connectivity index (χ3n) is 3.81. The zero-order chi connectivity index (χ0) is 13.2. The summed E-state index contributed by atoms with van der Waals surface area (Å²) in [5, 5.41) is 13.6. The van der Waals surface area contributed by atoms with Crippen molar-refractivity contribution in [1.29, 1.82) is 0 Å². The van der Waals surface area contributed by atoms with E-state index < -0.39 is 5.60 Å². The van der Waals surface area contributed by atoms with Gasteiger partial charge in [0.15, 0.2) is 0 Å². The molecular weight excluding hydrogens is 228 g/mol. The number of nitrogens with one attached hydrogen (secondary N) is 1. The first-order valence-corrected chi connectivity index (χ1v) is 6.43. The van der Waals surface area contributed by atoms with Gasteiger partial charge in [0.1, 0.15) is 5.82 Å². The van der Waals surface area contributed by atoms with E-state index in [1.165, 1.54) is 0 Å². The van der Waals surface area contributed by atoms with E-state index in [1.807, 2.05) is 0 Å². The highest BCUT2D eigenvalue weighted by Crippen LogP contribution is 2.40. The van der Waals surface area contributed by atoms with E-state index in [-0.39, 0.29) is 5.95 Å². The second kappa shape index (κ2) is 4.72. The predicted octanol–water partition coefficient (Wildman–Crippen LogP) is 1.80. The lowest BCUT2D eigenvalue weighted by Gasteiger charge is -2.40. The Morgan fingerprint density at radius 1 is 1.33 bits per heavy atom. The zero-order valence-corrected chi connectivity index (χ0v) is 11.1. The highest BCUT2D eigenvalue weighted by Gasteiger charge is 2.36. The molecule has 4 N–H and O–H groups in total. The molecule has 0 amide bonds. The highest BCUT2D eigenvalue weighted by molar-refractivity contribution is 5.37. The van der Waals surface area contributed by atoms with Crippen LogP contribution in [0.5, 0.6) is 0 Å². The maximum Gasteiger partial charge on any atom is 0.221 e. The van der Waals surface area contributed by atoms with Crippen molar-refractivity contribution in [3.63, 3.8) is 0 Å². The summed E-state index contributed by atoms with van der Waals surface area (Å²) in [5.41, 5.74) is 5.23. The normalized spacial score (nSPS) is 21.5. The summed E-state index contributed by atoms with van der Waals surface area (Å²) in [6.45, 7) is 5.02. The van der Waals surface area contributed by atoms with Crippen molar-refractivity contribution in [3.8, 4) is 0 Å². The molecule has 1 aliphatic carbocycles. The average Bonchev–Trinajstić information content (AvgIpc) is 2.32. The van der Waals surface area contributed by atoms with E-state index in [9.17, 15) is 5.11 Å². The van der Waals surface area contributed by atoms with Crippen molar-refractivity contribution in [1.82, 2.24) is 9.97 Å². The number of anilines is 2. The zero-order valence-electron chi connectivity index (χ0n) is 11.1. The van der Waals surface area contributed by atoms with Gasteiger partial charge in [-0.05, 0) is 37.2 Å². The van der Waals surface area contributed by atoms with E-state index in [0.29, 0.717) is 17.8 Å². The van der Waals surface area contributed by atoms with Gasteiger partial charge in [-0.3, -0.25) is 0 Å². The molecule has 1 heterocycles. The van der Waals surface area contributed by atoms with Gasteiger partial charge >= 0.3 is 0 Å². The van der Waals surface area contributed by atoms with Gasteiger partial charge in [0, 0.05) is 12.7 Å². The van der Waals surface area contributed by atoms with Crippen LogP contribution in [0, 0.1) is 5.41 Å². The number of aromatic nitrogens is 2. The molecule has 0 saturated heterocycles. The molecular formula is C13H22N4O. The summed E-state index contributed by atoms with van der Waals surface area (Å²) >= 11 is 0. The van der Waals surface area contributed by atoms with Gasteiger partial charge in [-0.15, -0.1) is 0 Å².